The van der Waals surface area contributed by atoms with Gasteiger partial charge in [0.15, 0.2) is 0 Å². The Balaban J connectivity index is 2.33. The lowest BCUT2D eigenvalue weighted by Crippen LogP contribution is -2.16. The second-order valence-corrected chi connectivity index (χ2v) is 4.07. The van der Waals surface area contributed by atoms with E-state index in [1.807, 2.05) is 0 Å². The first kappa shape index (κ1) is 14.8. The number of hydrogen-bond donors (Lipinski definition) is 2. The van der Waals surface area contributed by atoms with Gasteiger partial charge in [0.05, 0.1) is 37.6 Å². The quantitative estimate of drug-likeness (QED) is 0.587. The summed E-state index contributed by atoms with van der Waals surface area (Å²) in [4.78, 5) is 11.6. The van der Waals surface area contributed by atoms with Crippen molar-refractivity contribution in [3.05, 3.63) is 23.2 Å². The topological polar surface area (TPSA) is 73.6 Å². The molecule has 0 saturated heterocycles. The first-order valence-electron chi connectivity index (χ1n) is 5.55. The summed E-state index contributed by atoms with van der Waals surface area (Å²) < 4.78 is 10.0. The number of halogens is 1. The molecule has 0 unspecified atom stereocenters. The average molecular weight is 273 g/mol. The van der Waals surface area contributed by atoms with E-state index in [2.05, 4.69) is 5.32 Å². The molecule has 0 aliphatic heterocycles. The van der Waals surface area contributed by atoms with Gasteiger partial charge in [-0.05, 0) is 18.2 Å². The lowest BCUT2D eigenvalue weighted by Gasteiger charge is -2.08. The number of carbonyl (C=O) groups is 1. The highest BCUT2D eigenvalue weighted by Crippen LogP contribution is 2.22. The van der Waals surface area contributed by atoms with Gasteiger partial charge in [0, 0.05) is 12.1 Å². The Labute approximate surface area is 111 Å². The number of nitrogens with two attached hydrogens (primary N) is 1. The third kappa shape index (κ3) is 5.35. The number of nitrogen functional groups attached to an aromatic ring is 1. The third-order valence-corrected chi connectivity index (χ3v) is 2.43. The van der Waals surface area contributed by atoms with Crippen molar-refractivity contribution in [2.45, 2.75) is 6.42 Å². The Morgan fingerprint density at radius 1 is 1.39 bits per heavy atom. The van der Waals surface area contributed by atoms with Crippen LogP contribution in [0.5, 0.6) is 0 Å². The van der Waals surface area contributed by atoms with Gasteiger partial charge >= 0.3 is 0 Å². The summed E-state index contributed by atoms with van der Waals surface area (Å²) in [6, 6.07) is 4.92. The minimum Gasteiger partial charge on any atom is -0.397 e. The minimum absolute atomic E-state index is 0.165. The zero-order valence-electron chi connectivity index (χ0n) is 10.2. The van der Waals surface area contributed by atoms with Crippen LogP contribution in [0.4, 0.5) is 11.4 Å². The molecule has 100 valence electrons. The van der Waals surface area contributed by atoms with E-state index in [-0.39, 0.29) is 12.3 Å². The van der Waals surface area contributed by atoms with E-state index >= 15 is 0 Å². The van der Waals surface area contributed by atoms with Crippen LogP contribution in [-0.4, -0.2) is 32.8 Å². The first-order chi connectivity index (χ1) is 8.63. The van der Waals surface area contributed by atoms with E-state index in [1.165, 1.54) is 0 Å². The SMILES string of the molecule is COCCOCCC(=O)Nc1cc(Cl)ccc1N. The number of benzene rings is 1. The summed E-state index contributed by atoms with van der Waals surface area (Å²) >= 11 is 5.82. The summed E-state index contributed by atoms with van der Waals surface area (Å²) in [6.07, 6.45) is 0.260. The predicted octanol–water partition coefficient (Wildman–Crippen LogP) is 1.91. The minimum atomic E-state index is -0.165. The van der Waals surface area contributed by atoms with Gasteiger partial charge in [-0.15, -0.1) is 0 Å². The Kier molecular flexibility index (Phi) is 6.49. The van der Waals surface area contributed by atoms with Gasteiger partial charge < -0.3 is 20.5 Å². The maximum atomic E-state index is 11.6. The Hall–Kier alpha value is -1.30. The van der Waals surface area contributed by atoms with Crippen LogP contribution in [0.2, 0.25) is 5.02 Å². The molecular formula is C12H17ClN2O3. The normalized spacial score (nSPS) is 10.3. The number of ether oxygens (including phenoxy) is 2. The Bertz CT molecular complexity index is 399. The van der Waals surface area contributed by atoms with Crippen molar-refractivity contribution < 1.29 is 14.3 Å². The molecule has 0 aliphatic carbocycles. The molecule has 0 radical (unpaired) electrons. The maximum absolute atomic E-state index is 11.6. The zero-order chi connectivity index (χ0) is 13.4. The lowest BCUT2D eigenvalue weighted by molar-refractivity contribution is -0.117. The smallest absolute Gasteiger partial charge is 0.226 e. The molecule has 0 atom stereocenters. The highest BCUT2D eigenvalue weighted by atomic mass is 35.5. The van der Waals surface area contributed by atoms with Gasteiger partial charge in [-0.3, -0.25) is 4.79 Å². The number of methoxy groups -OCH3 is 1. The molecule has 18 heavy (non-hydrogen) atoms. The Morgan fingerprint density at radius 2 is 2.17 bits per heavy atom. The number of amides is 1. The molecule has 1 rings (SSSR count). The fourth-order valence-corrected chi connectivity index (χ4v) is 1.43. The molecule has 1 aromatic carbocycles. The molecule has 6 heteroatoms. The predicted molar refractivity (Wildman–Crippen MR) is 71.8 cm³/mol. The van der Waals surface area contributed by atoms with Crippen LogP contribution in [0.25, 0.3) is 0 Å². The van der Waals surface area contributed by atoms with Crippen LogP contribution >= 0.6 is 11.6 Å². The van der Waals surface area contributed by atoms with Crippen LogP contribution in [0.3, 0.4) is 0 Å². The monoisotopic (exact) mass is 272 g/mol. The van der Waals surface area contributed by atoms with Gasteiger partial charge in [0.25, 0.3) is 0 Å². The second-order valence-electron chi connectivity index (χ2n) is 3.63. The Morgan fingerprint density at radius 3 is 2.89 bits per heavy atom. The molecule has 0 spiro atoms. The lowest BCUT2D eigenvalue weighted by atomic mass is 10.2. The average Bonchev–Trinajstić information content (AvgIpc) is 2.33. The van der Waals surface area contributed by atoms with Crippen molar-refractivity contribution in [3.63, 3.8) is 0 Å². The molecule has 3 N–H and O–H groups in total. The highest BCUT2D eigenvalue weighted by Gasteiger charge is 2.05. The first-order valence-corrected chi connectivity index (χ1v) is 5.93. The number of nitrogens with one attached hydrogen (secondary N) is 1. The molecule has 0 aliphatic rings. The van der Waals surface area contributed by atoms with Gasteiger partial charge in [-0.25, -0.2) is 0 Å². The van der Waals surface area contributed by atoms with Crippen molar-refractivity contribution in [3.8, 4) is 0 Å². The van der Waals surface area contributed by atoms with E-state index in [0.717, 1.165) is 0 Å². The van der Waals surface area contributed by atoms with Gasteiger partial charge in [-0.2, -0.15) is 0 Å². The summed E-state index contributed by atoms with van der Waals surface area (Å²) in [7, 11) is 1.60. The van der Waals surface area contributed by atoms with Crippen molar-refractivity contribution >= 4 is 28.9 Å². The van der Waals surface area contributed by atoms with Gasteiger partial charge in [0.2, 0.25) is 5.91 Å². The summed E-state index contributed by atoms with van der Waals surface area (Å²) in [6.45, 7) is 1.33. The summed E-state index contributed by atoms with van der Waals surface area (Å²) in [5, 5.41) is 3.21. The van der Waals surface area contributed by atoms with Crippen molar-refractivity contribution in [2.75, 3.05) is 38.0 Å². The molecule has 1 amide bonds. The largest absolute Gasteiger partial charge is 0.397 e. The fourth-order valence-electron chi connectivity index (χ4n) is 1.26. The van der Waals surface area contributed by atoms with Crippen LogP contribution in [-0.2, 0) is 14.3 Å². The van der Waals surface area contributed by atoms with Crippen LogP contribution in [0.1, 0.15) is 6.42 Å². The molecule has 0 bridgehead atoms. The van der Waals surface area contributed by atoms with E-state index in [9.17, 15) is 4.79 Å². The van der Waals surface area contributed by atoms with E-state index < -0.39 is 0 Å². The van der Waals surface area contributed by atoms with Crippen LogP contribution in [0.15, 0.2) is 18.2 Å². The zero-order valence-corrected chi connectivity index (χ0v) is 11.0. The molecule has 5 nitrogen and oxygen atoms in total. The second kappa shape index (κ2) is 7.92. The molecule has 0 saturated carbocycles. The molecule has 1 aromatic rings. The number of hydrogen-bond acceptors (Lipinski definition) is 4. The van der Waals surface area contributed by atoms with Gasteiger partial charge in [0.1, 0.15) is 0 Å². The van der Waals surface area contributed by atoms with Crippen LogP contribution in [0, 0.1) is 0 Å². The molecule has 0 fully saturated rings. The van der Waals surface area contributed by atoms with Crippen molar-refractivity contribution in [1.82, 2.24) is 0 Å². The van der Waals surface area contributed by atoms with E-state index in [1.54, 1.807) is 25.3 Å². The van der Waals surface area contributed by atoms with Gasteiger partial charge in [-0.1, -0.05) is 11.6 Å². The van der Waals surface area contributed by atoms with E-state index in [0.29, 0.717) is 36.2 Å². The molecule has 0 aromatic heterocycles. The van der Waals surface area contributed by atoms with Crippen molar-refractivity contribution in [1.29, 1.82) is 0 Å². The molecule has 0 heterocycles. The molecular weight excluding hydrogens is 256 g/mol. The number of carbonyl (C=O) groups excluding carboxylic acids is 1. The maximum Gasteiger partial charge on any atom is 0.226 e. The van der Waals surface area contributed by atoms with Crippen molar-refractivity contribution in [2.24, 2.45) is 0 Å². The standard InChI is InChI=1S/C12H17ClN2O3/c1-17-6-7-18-5-4-12(16)15-11-8-9(13)2-3-10(11)14/h2-3,8H,4-7,14H2,1H3,(H,15,16). The summed E-state index contributed by atoms with van der Waals surface area (Å²) in [5.74, 6) is -0.165. The highest BCUT2D eigenvalue weighted by molar-refractivity contribution is 6.31. The summed E-state index contributed by atoms with van der Waals surface area (Å²) in [5.41, 5.74) is 6.71. The number of rotatable bonds is 7. The van der Waals surface area contributed by atoms with Crippen LogP contribution < -0.4 is 11.1 Å². The third-order valence-electron chi connectivity index (χ3n) is 2.19. The van der Waals surface area contributed by atoms with E-state index in [4.69, 9.17) is 26.8 Å². The fraction of sp³-hybridized carbons (Fsp3) is 0.417. The number of anilines is 2.